The molecule has 4 atom stereocenters. The minimum Gasteiger partial charge on any atom is -0.349 e. The summed E-state index contributed by atoms with van der Waals surface area (Å²) in [5.74, 6) is -0.996. The summed E-state index contributed by atoms with van der Waals surface area (Å²) in [5, 5.41) is 20.9. The highest BCUT2D eigenvalue weighted by atomic mass is 32.1. The Labute approximate surface area is 229 Å². The van der Waals surface area contributed by atoms with E-state index in [1.807, 2.05) is 0 Å². The van der Waals surface area contributed by atoms with Gasteiger partial charge in [0.25, 0.3) is 5.91 Å². The van der Waals surface area contributed by atoms with Crippen molar-refractivity contribution in [3.05, 3.63) is 34.1 Å². The second-order valence-corrected chi connectivity index (χ2v) is 12.4. The Morgan fingerprint density at radius 3 is 2.67 bits per heavy atom. The molecule has 0 bridgehead atoms. The number of fused-ring (bicyclic) bond motifs is 1. The molecule has 0 aromatic carbocycles. The first kappa shape index (κ1) is 25.5. The topological polar surface area (TPSA) is 119 Å². The molecular formula is C25H26F4N8O2S. The summed E-state index contributed by atoms with van der Waals surface area (Å²) in [5.41, 5.74) is 0.448. The molecule has 3 heterocycles. The molecule has 4 aliphatic rings. The smallest absolute Gasteiger partial charge is 0.349 e. The number of aryl methyl sites for hydroxylation is 2. The first-order valence-corrected chi connectivity index (χ1v) is 14.0. The van der Waals surface area contributed by atoms with Gasteiger partial charge in [0.1, 0.15) is 23.3 Å². The zero-order chi connectivity index (χ0) is 28.0. The van der Waals surface area contributed by atoms with Crippen molar-refractivity contribution < 1.29 is 27.2 Å². The van der Waals surface area contributed by atoms with E-state index in [4.69, 9.17) is 0 Å². The molecule has 10 nitrogen and oxygen atoms in total. The Morgan fingerprint density at radius 2 is 2.02 bits per heavy atom. The third-order valence-electron chi connectivity index (χ3n) is 8.51. The molecule has 3 aromatic rings. The number of amides is 2. The van der Waals surface area contributed by atoms with Crippen molar-refractivity contribution in [2.75, 3.05) is 10.6 Å². The van der Waals surface area contributed by atoms with Gasteiger partial charge in [0, 0.05) is 30.1 Å². The normalized spacial score (nSPS) is 25.8. The zero-order valence-electron chi connectivity index (χ0n) is 21.4. The third kappa shape index (κ3) is 4.43. The predicted molar refractivity (Wildman–Crippen MR) is 136 cm³/mol. The van der Waals surface area contributed by atoms with Gasteiger partial charge in [0.15, 0.2) is 5.69 Å². The van der Waals surface area contributed by atoms with E-state index in [0.717, 1.165) is 40.5 Å². The van der Waals surface area contributed by atoms with Crippen LogP contribution in [0.15, 0.2) is 12.4 Å². The van der Waals surface area contributed by atoms with Crippen molar-refractivity contribution in [1.82, 2.24) is 29.9 Å². The lowest BCUT2D eigenvalue weighted by Crippen LogP contribution is -2.30. The first-order valence-electron chi connectivity index (χ1n) is 13.2. The van der Waals surface area contributed by atoms with E-state index in [0.29, 0.717) is 29.8 Å². The van der Waals surface area contributed by atoms with Gasteiger partial charge in [-0.15, -0.1) is 21.5 Å². The Kier molecular flexibility index (Phi) is 5.57. The minimum absolute atomic E-state index is 0.100. The van der Waals surface area contributed by atoms with Crippen LogP contribution in [0.3, 0.4) is 0 Å². The largest absolute Gasteiger partial charge is 0.435 e. The lowest BCUT2D eigenvalue weighted by atomic mass is 9.91. The molecule has 0 saturated heterocycles. The van der Waals surface area contributed by atoms with Crippen LogP contribution in [-0.2, 0) is 30.9 Å². The van der Waals surface area contributed by atoms with Crippen molar-refractivity contribution in [1.29, 1.82) is 0 Å². The van der Waals surface area contributed by atoms with Crippen molar-refractivity contribution in [3.8, 4) is 0 Å². The summed E-state index contributed by atoms with van der Waals surface area (Å²) in [6.45, 7) is 0. The molecule has 3 fully saturated rings. The van der Waals surface area contributed by atoms with Gasteiger partial charge in [0.2, 0.25) is 11.9 Å². The van der Waals surface area contributed by atoms with Crippen LogP contribution in [0.5, 0.6) is 0 Å². The van der Waals surface area contributed by atoms with Crippen LogP contribution in [0.4, 0.5) is 34.3 Å². The first-order chi connectivity index (χ1) is 19.0. The highest BCUT2D eigenvalue weighted by Gasteiger charge is 2.63. The van der Waals surface area contributed by atoms with Crippen molar-refractivity contribution in [2.45, 2.75) is 69.4 Å². The molecule has 4 aliphatic carbocycles. The van der Waals surface area contributed by atoms with Gasteiger partial charge >= 0.3 is 6.18 Å². The fraction of sp³-hybridized carbons (Fsp3) is 0.560. The fourth-order valence-corrected chi connectivity index (χ4v) is 6.95. The average molecular weight is 579 g/mol. The monoisotopic (exact) mass is 578 g/mol. The number of alkyl halides is 4. The summed E-state index contributed by atoms with van der Waals surface area (Å²) in [4.78, 5) is 27.1. The van der Waals surface area contributed by atoms with E-state index in [9.17, 15) is 27.2 Å². The molecular weight excluding hydrogens is 552 g/mol. The summed E-state index contributed by atoms with van der Waals surface area (Å²) in [6.07, 6.45) is 0.841. The van der Waals surface area contributed by atoms with E-state index >= 15 is 0 Å². The number of hydrogen-bond donors (Lipinski definition) is 3. The van der Waals surface area contributed by atoms with Gasteiger partial charge in [0.05, 0.1) is 11.5 Å². The van der Waals surface area contributed by atoms with Crippen molar-refractivity contribution in [3.63, 3.8) is 0 Å². The van der Waals surface area contributed by atoms with E-state index in [2.05, 4.69) is 31.2 Å². The average Bonchev–Trinajstić information content (AvgIpc) is 3.82. The van der Waals surface area contributed by atoms with Crippen LogP contribution in [0.1, 0.15) is 64.6 Å². The number of carbonyl (C=O) groups is 2. The van der Waals surface area contributed by atoms with Gasteiger partial charge in [-0.2, -0.15) is 18.3 Å². The van der Waals surface area contributed by atoms with Gasteiger partial charge in [-0.25, -0.2) is 4.39 Å². The maximum absolute atomic E-state index is 13.6. The number of rotatable bonds is 7. The predicted octanol–water partition coefficient (Wildman–Crippen LogP) is 4.14. The number of nitrogens with one attached hydrogen (secondary N) is 3. The number of nitrogens with zero attached hydrogens (tertiary/aromatic N) is 5. The molecule has 0 radical (unpaired) electrons. The van der Waals surface area contributed by atoms with Gasteiger partial charge < -0.3 is 16.0 Å². The molecule has 0 aliphatic heterocycles. The number of carbonyl (C=O) groups excluding carboxylic acids is 2. The van der Waals surface area contributed by atoms with Crippen LogP contribution in [0.25, 0.3) is 0 Å². The molecule has 40 heavy (non-hydrogen) atoms. The number of anilines is 3. The third-order valence-corrected chi connectivity index (χ3v) is 9.72. The minimum atomic E-state index is -4.58. The molecule has 7 rings (SSSR count). The number of thiophene rings is 1. The number of halogens is 4. The maximum atomic E-state index is 13.6. The zero-order valence-corrected chi connectivity index (χ0v) is 22.2. The van der Waals surface area contributed by atoms with E-state index < -0.39 is 29.9 Å². The quantitative estimate of drug-likeness (QED) is 0.363. The number of aromatic nitrogens is 5. The van der Waals surface area contributed by atoms with Crippen molar-refractivity contribution in [2.24, 2.45) is 18.4 Å². The molecule has 3 aromatic heterocycles. The molecule has 15 heteroatoms. The van der Waals surface area contributed by atoms with Gasteiger partial charge in [-0.05, 0) is 55.9 Å². The Bertz CT molecular complexity index is 1520. The highest BCUT2D eigenvalue weighted by Crippen LogP contribution is 2.66. The maximum Gasteiger partial charge on any atom is 0.435 e. The van der Waals surface area contributed by atoms with Crippen LogP contribution in [0, 0.1) is 11.3 Å². The molecule has 1 spiro atoms. The van der Waals surface area contributed by atoms with Crippen LogP contribution in [0.2, 0.25) is 0 Å². The SMILES string of the molecule is Cn1nc(C(F)(F)F)cc1Nc1nncn1[C@H]1CCc2sc(NC(=O)[C@H]3C[C@H]3F)c(C(=O)N[C@H]3CC34CC4)c2C1. The lowest BCUT2D eigenvalue weighted by Gasteiger charge is -2.25. The Hall–Kier alpha value is -3.49. The highest BCUT2D eigenvalue weighted by molar-refractivity contribution is 7.17. The standard InChI is InChI=1S/C25H26F4N8O2S/c1-36-18(8-16(35-36)25(27,28)29)32-23-34-30-10-37(23)11-2-3-15-13(6-11)19(21(39)31-17-9-24(17)4-5-24)22(40-15)33-20(38)12-7-14(12)26/h8,10-12,14,17H,2-7,9H2,1H3,(H,31,39)(H,32,34)(H,33,38)/t11-,12-,14+,17-/m0/s1. The van der Waals surface area contributed by atoms with Crippen LogP contribution in [-0.4, -0.2) is 48.6 Å². The lowest BCUT2D eigenvalue weighted by molar-refractivity contribution is -0.141. The van der Waals surface area contributed by atoms with Crippen LogP contribution >= 0.6 is 11.3 Å². The fourth-order valence-electron chi connectivity index (χ4n) is 5.70. The molecule has 3 N–H and O–H groups in total. The van der Waals surface area contributed by atoms with E-state index in [-0.39, 0.29) is 41.6 Å². The summed E-state index contributed by atoms with van der Waals surface area (Å²) < 4.78 is 55.8. The van der Waals surface area contributed by atoms with E-state index in [1.165, 1.54) is 24.7 Å². The van der Waals surface area contributed by atoms with E-state index in [1.54, 1.807) is 4.57 Å². The summed E-state index contributed by atoms with van der Waals surface area (Å²) in [7, 11) is 1.40. The summed E-state index contributed by atoms with van der Waals surface area (Å²) in [6, 6.07) is 0.839. The second-order valence-electron chi connectivity index (χ2n) is 11.3. The van der Waals surface area contributed by atoms with Gasteiger partial charge in [-0.3, -0.25) is 18.8 Å². The molecule has 0 unspecified atom stereocenters. The second kappa shape index (κ2) is 8.75. The van der Waals surface area contributed by atoms with Gasteiger partial charge in [-0.1, -0.05) is 0 Å². The van der Waals surface area contributed by atoms with Crippen molar-refractivity contribution >= 4 is 39.9 Å². The number of hydrogen-bond acceptors (Lipinski definition) is 7. The summed E-state index contributed by atoms with van der Waals surface area (Å²) >= 11 is 1.35. The Morgan fingerprint density at radius 1 is 1.25 bits per heavy atom. The molecule has 2 amide bonds. The molecule has 3 saturated carbocycles. The van der Waals surface area contributed by atoms with Crippen LogP contribution < -0.4 is 16.0 Å². The Balaban J connectivity index is 1.15. The molecule has 212 valence electrons.